The van der Waals surface area contributed by atoms with Crippen molar-refractivity contribution in [3.63, 3.8) is 0 Å². The molecule has 0 aliphatic carbocycles. The highest BCUT2D eigenvalue weighted by atomic mass is 32.2. The number of hydrogen-bond donors (Lipinski definition) is 1. The van der Waals surface area contributed by atoms with Gasteiger partial charge in [0.2, 0.25) is 10.0 Å². The van der Waals surface area contributed by atoms with Crippen molar-refractivity contribution in [3.8, 4) is 0 Å². The zero-order valence-corrected chi connectivity index (χ0v) is 10.7. The average Bonchev–Trinajstić information content (AvgIpc) is 2.16. The first-order valence-electron chi connectivity index (χ1n) is 5.02. The Kier molecular flexibility index (Phi) is 6.54. The molecule has 0 aliphatic rings. The van der Waals surface area contributed by atoms with Crippen LogP contribution in [0.1, 0.15) is 20.3 Å². The van der Waals surface area contributed by atoms with Gasteiger partial charge in [-0.15, -0.1) is 0 Å². The van der Waals surface area contributed by atoms with Crippen LogP contribution in [0.3, 0.4) is 0 Å². The summed E-state index contributed by atoms with van der Waals surface area (Å²) in [6.45, 7) is 3.54. The van der Waals surface area contributed by atoms with Gasteiger partial charge in [-0.25, -0.2) is 8.42 Å². The minimum atomic E-state index is -3.66. The number of rotatable bonds is 7. The molecule has 0 aliphatic heterocycles. The van der Waals surface area contributed by atoms with Crippen molar-refractivity contribution in [2.24, 2.45) is 0 Å². The molecule has 0 radical (unpaired) electrons. The molecule has 7 heteroatoms. The van der Waals surface area contributed by atoms with Crippen LogP contribution >= 0.6 is 0 Å². The van der Waals surface area contributed by atoms with E-state index in [1.807, 2.05) is 0 Å². The number of nitrogens with zero attached hydrogens (tertiary/aromatic N) is 1. The first-order valence-corrected chi connectivity index (χ1v) is 6.63. The van der Waals surface area contributed by atoms with Gasteiger partial charge in [0.25, 0.3) is 0 Å². The molecule has 0 atom stereocenters. The third-order valence-corrected chi connectivity index (χ3v) is 3.92. The monoisotopic (exact) mass is 253 g/mol. The average molecular weight is 253 g/mol. The minimum absolute atomic E-state index is 0.0863. The molecule has 0 bridgehead atoms. The van der Waals surface area contributed by atoms with Crippen molar-refractivity contribution >= 4 is 16.0 Å². The molecule has 0 saturated carbocycles. The number of ether oxygens (including phenoxy) is 1. The SMILES string of the molecule is COC(=O)CS(=O)(=O)N(CCCO)C(C)C. The minimum Gasteiger partial charge on any atom is -0.468 e. The Morgan fingerprint density at radius 2 is 2.00 bits per heavy atom. The van der Waals surface area contributed by atoms with Crippen LogP contribution in [0, 0.1) is 0 Å². The van der Waals surface area contributed by atoms with E-state index >= 15 is 0 Å². The van der Waals surface area contributed by atoms with E-state index in [9.17, 15) is 13.2 Å². The van der Waals surface area contributed by atoms with E-state index in [4.69, 9.17) is 5.11 Å². The maximum atomic E-state index is 11.8. The second-order valence-corrected chi connectivity index (χ2v) is 5.54. The summed E-state index contributed by atoms with van der Waals surface area (Å²) in [6, 6.07) is -0.249. The normalized spacial score (nSPS) is 12.1. The molecule has 0 heterocycles. The molecule has 0 aromatic heterocycles. The van der Waals surface area contributed by atoms with Gasteiger partial charge in [0.05, 0.1) is 7.11 Å². The number of carbonyl (C=O) groups is 1. The molecule has 6 nitrogen and oxygen atoms in total. The quantitative estimate of drug-likeness (QED) is 0.623. The lowest BCUT2D eigenvalue weighted by Gasteiger charge is -2.24. The van der Waals surface area contributed by atoms with Gasteiger partial charge in [0.1, 0.15) is 0 Å². The number of sulfonamides is 1. The highest BCUT2D eigenvalue weighted by Crippen LogP contribution is 2.08. The summed E-state index contributed by atoms with van der Waals surface area (Å²) in [6.07, 6.45) is 0.346. The van der Waals surface area contributed by atoms with E-state index in [2.05, 4.69) is 4.74 Å². The maximum absolute atomic E-state index is 11.8. The molecule has 96 valence electrons. The molecule has 0 aromatic rings. The maximum Gasteiger partial charge on any atom is 0.322 e. The van der Waals surface area contributed by atoms with E-state index in [0.717, 1.165) is 7.11 Å². The highest BCUT2D eigenvalue weighted by Gasteiger charge is 2.27. The Hall–Kier alpha value is -0.660. The predicted octanol–water partition coefficient (Wildman–Crippen LogP) is -0.418. The second kappa shape index (κ2) is 6.82. The van der Waals surface area contributed by atoms with E-state index in [0.29, 0.717) is 6.42 Å². The Labute approximate surface area is 96.2 Å². The van der Waals surface area contributed by atoms with Crippen LogP contribution in [0.25, 0.3) is 0 Å². The molecule has 0 unspecified atom stereocenters. The standard InChI is InChI=1S/C9H19NO5S/c1-8(2)10(5-4-6-11)16(13,14)7-9(12)15-3/h8,11H,4-7H2,1-3H3. The van der Waals surface area contributed by atoms with Crippen LogP contribution in [-0.4, -0.2) is 55.9 Å². The van der Waals surface area contributed by atoms with Crippen molar-refractivity contribution < 1.29 is 23.1 Å². The number of esters is 1. The molecule has 0 spiro atoms. The van der Waals surface area contributed by atoms with Crippen molar-refractivity contribution in [3.05, 3.63) is 0 Å². The fourth-order valence-electron chi connectivity index (χ4n) is 1.24. The fraction of sp³-hybridized carbons (Fsp3) is 0.889. The molecule has 0 amide bonds. The fourth-order valence-corrected chi connectivity index (χ4v) is 2.87. The smallest absolute Gasteiger partial charge is 0.322 e. The molecule has 0 rings (SSSR count). The molecule has 0 fully saturated rings. The van der Waals surface area contributed by atoms with Gasteiger partial charge in [-0.1, -0.05) is 0 Å². The lowest BCUT2D eigenvalue weighted by atomic mass is 10.3. The lowest BCUT2D eigenvalue weighted by Crippen LogP contribution is -2.41. The van der Waals surface area contributed by atoms with Gasteiger partial charge in [-0.2, -0.15) is 4.31 Å². The Balaban J connectivity index is 4.69. The van der Waals surface area contributed by atoms with Gasteiger partial charge in [-0.05, 0) is 20.3 Å². The van der Waals surface area contributed by atoms with E-state index < -0.39 is 21.7 Å². The van der Waals surface area contributed by atoms with E-state index in [1.54, 1.807) is 13.8 Å². The van der Waals surface area contributed by atoms with Crippen LogP contribution < -0.4 is 0 Å². The van der Waals surface area contributed by atoms with Gasteiger partial charge >= 0.3 is 5.97 Å². The Morgan fingerprint density at radius 1 is 1.44 bits per heavy atom. The van der Waals surface area contributed by atoms with E-state index in [-0.39, 0.29) is 19.2 Å². The number of methoxy groups -OCH3 is 1. The van der Waals surface area contributed by atoms with Crippen LogP contribution in [0.4, 0.5) is 0 Å². The van der Waals surface area contributed by atoms with E-state index in [1.165, 1.54) is 4.31 Å². The van der Waals surface area contributed by atoms with Crippen LogP contribution in [-0.2, 0) is 19.6 Å². The number of aliphatic hydroxyl groups excluding tert-OH is 1. The van der Waals surface area contributed by atoms with Crippen molar-refractivity contribution in [2.45, 2.75) is 26.3 Å². The summed E-state index contributed by atoms with van der Waals surface area (Å²) in [5.74, 6) is -1.44. The summed E-state index contributed by atoms with van der Waals surface area (Å²) < 4.78 is 29.1. The topological polar surface area (TPSA) is 83.9 Å². The third kappa shape index (κ3) is 4.91. The first-order chi connectivity index (χ1) is 7.35. The number of aliphatic hydroxyl groups is 1. The van der Waals surface area contributed by atoms with Gasteiger partial charge in [-0.3, -0.25) is 4.79 Å². The first kappa shape index (κ1) is 15.3. The lowest BCUT2D eigenvalue weighted by molar-refractivity contribution is -0.137. The molecular weight excluding hydrogens is 234 g/mol. The van der Waals surface area contributed by atoms with Crippen molar-refractivity contribution in [1.29, 1.82) is 0 Å². The third-order valence-electron chi connectivity index (χ3n) is 2.00. The molecule has 0 saturated heterocycles. The van der Waals surface area contributed by atoms with Crippen LogP contribution in [0.15, 0.2) is 0 Å². The van der Waals surface area contributed by atoms with Gasteiger partial charge in [0, 0.05) is 19.2 Å². The zero-order valence-electron chi connectivity index (χ0n) is 9.84. The summed E-state index contributed by atoms with van der Waals surface area (Å²) in [4.78, 5) is 11.0. The number of carbonyl (C=O) groups excluding carboxylic acids is 1. The Bertz CT molecular complexity index is 312. The van der Waals surface area contributed by atoms with Crippen molar-refractivity contribution in [2.75, 3.05) is 26.0 Å². The summed E-state index contributed by atoms with van der Waals surface area (Å²) in [7, 11) is -2.51. The van der Waals surface area contributed by atoms with Crippen LogP contribution in [0.5, 0.6) is 0 Å². The summed E-state index contributed by atoms with van der Waals surface area (Å²) in [5, 5.41) is 8.68. The number of hydrogen-bond acceptors (Lipinski definition) is 5. The van der Waals surface area contributed by atoms with Gasteiger partial charge < -0.3 is 9.84 Å². The molecule has 1 N–H and O–H groups in total. The zero-order chi connectivity index (χ0) is 12.8. The highest BCUT2D eigenvalue weighted by molar-refractivity contribution is 7.89. The van der Waals surface area contributed by atoms with Gasteiger partial charge in [0.15, 0.2) is 5.75 Å². The van der Waals surface area contributed by atoms with Crippen molar-refractivity contribution in [1.82, 2.24) is 4.31 Å². The molecular formula is C9H19NO5S. The molecule has 16 heavy (non-hydrogen) atoms. The predicted molar refractivity (Wildman–Crippen MR) is 59.3 cm³/mol. The summed E-state index contributed by atoms with van der Waals surface area (Å²) >= 11 is 0. The summed E-state index contributed by atoms with van der Waals surface area (Å²) in [5.41, 5.74) is 0. The molecule has 0 aromatic carbocycles. The largest absolute Gasteiger partial charge is 0.468 e. The van der Waals surface area contributed by atoms with Crippen LogP contribution in [0.2, 0.25) is 0 Å². The second-order valence-electron chi connectivity index (χ2n) is 3.61. The Morgan fingerprint density at radius 3 is 2.38 bits per heavy atom.